The normalized spacial score (nSPS) is 15.7. The topological polar surface area (TPSA) is 76.6 Å². The van der Waals surface area contributed by atoms with Crippen LogP contribution in [-0.4, -0.2) is 48.0 Å². The molecule has 0 spiro atoms. The lowest BCUT2D eigenvalue weighted by atomic mass is 10.2. The molecule has 21 heavy (non-hydrogen) atoms. The number of anilines is 2. The van der Waals surface area contributed by atoms with E-state index in [-0.39, 0.29) is 5.15 Å². The van der Waals surface area contributed by atoms with Crippen molar-refractivity contribution >= 4 is 29.5 Å². The van der Waals surface area contributed by atoms with Crippen LogP contribution >= 0.6 is 11.6 Å². The number of carbonyl (C=O) groups is 1. The van der Waals surface area contributed by atoms with E-state index in [0.717, 1.165) is 0 Å². The largest absolute Gasteiger partial charge is 0.444 e. The van der Waals surface area contributed by atoms with E-state index >= 15 is 0 Å². The Morgan fingerprint density at radius 1 is 1.38 bits per heavy atom. The molecule has 0 unspecified atom stereocenters. The monoisotopic (exact) mass is 314 g/mol. The zero-order chi connectivity index (χ0) is 15.5. The molecular weight excluding hydrogens is 296 g/mol. The number of rotatable bonds is 2. The maximum absolute atomic E-state index is 11.8. The Hall–Kier alpha value is -1.60. The van der Waals surface area contributed by atoms with Crippen LogP contribution in [0, 0.1) is 0 Å². The van der Waals surface area contributed by atoms with Crippen LogP contribution in [0.3, 0.4) is 0 Å². The summed E-state index contributed by atoms with van der Waals surface area (Å²) in [5, 5.41) is 2.83. The molecule has 0 radical (unpaired) electrons. The van der Waals surface area contributed by atoms with Crippen LogP contribution in [0.25, 0.3) is 0 Å². The van der Waals surface area contributed by atoms with Gasteiger partial charge in [0.1, 0.15) is 16.6 Å². The summed E-state index contributed by atoms with van der Waals surface area (Å²) in [7, 11) is 0. The molecule has 0 saturated carbocycles. The van der Waals surface area contributed by atoms with E-state index in [2.05, 4.69) is 15.3 Å². The third-order valence-corrected chi connectivity index (χ3v) is 2.80. The summed E-state index contributed by atoms with van der Waals surface area (Å²) >= 11 is 5.98. The number of amides is 1. The second-order valence-electron chi connectivity index (χ2n) is 5.60. The third-order valence-electron chi connectivity index (χ3n) is 2.61. The molecule has 1 N–H and O–H groups in total. The molecule has 1 amide bonds. The van der Waals surface area contributed by atoms with E-state index in [9.17, 15) is 4.79 Å². The van der Waals surface area contributed by atoms with Crippen LogP contribution in [0.1, 0.15) is 20.8 Å². The first-order chi connectivity index (χ1) is 9.83. The number of halogens is 1. The molecule has 2 rings (SSSR count). The van der Waals surface area contributed by atoms with Crippen molar-refractivity contribution in [2.45, 2.75) is 26.4 Å². The number of hydrogen-bond acceptors (Lipinski definition) is 6. The van der Waals surface area contributed by atoms with Crippen molar-refractivity contribution < 1.29 is 14.3 Å². The number of hydrogen-bond donors (Lipinski definition) is 1. The van der Waals surface area contributed by atoms with Gasteiger partial charge in [-0.2, -0.15) is 4.98 Å². The highest BCUT2D eigenvalue weighted by Gasteiger charge is 2.19. The average Bonchev–Trinajstić information content (AvgIpc) is 2.36. The maximum Gasteiger partial charge on any atom is 0.413 e. The molecule has 8 heteroatoms. The molecule has 116 valence electrons. The molecule has 1 aromatic heterocycles. The predicted octanol–water partition coefficient (Wildman–Crippen LogP) is 2.31. The van der Waals surface area contributed by atoms with Crippen LogP contribution in [0.15, 0.2) is 6.07 Å². The van der Waals surface area contributed by atoms with Crippen molar-refractivity contribution in [3.05, 3.63) is 11.2 Å². The Kier molecular flexibility index (Phi) is 4.84. The fourth-order valence-electron chi connectivity index (χ4n) is 1.78. The predicted molar refractivity (Wildman–Crippen MR) is 79.9 cm³/mol. The van der Waals surface area contributed by atoms with E-state index in [0.29, 0.717) is 38.1 Å². The number of morpholine rings is 1. The second kappa shape index (κ2) is 6.44. The Morgan fingerprint density at radius 2 is 2.05 bits per heavy atom. The Labute approximate surface area is 128 Å². The van der Waals surface area contributed by atoms with Gasteiger partial charge in [-0.3, -0.25) is 5.32 Å². The molecule has 0 atom stereocenters. The number of carbonyl (C=O) groups excluding carboxylic acids is 1. The highest BCUT2D eigenvalue weighted by atomic mass is 35.5. The van der Waals surface area contributed by atoms with Crippen molar-refractivity contribution in [1.29, 1.82) is 0 Å². The van der Waals surface area contributed by atoms with Gasteiger partial charge < -0.3 is 14.4 Å². The first kappa shape index (κ1) is 15.8. The average molecular weight is 315 g/mol. The molecular formula is C13H19ClN4O3. The third kappa shape index (κ3) is 5.02. The molecule has 0 aliphatic carbocycles. The Bertz CT molecular complexity index is 513. The van der Waals surface area contributed by atoms with Crippen LogP contribution < -0.4 is 10.2 Å². The zero-order valence-corrected chi connectivity index (χ0v) is 13.1. The van der Waals surface area contributed by atoms with Gasteiger partial charge >= 0.3 is 6.09 Å². The van der Waals surface area contributed by atoms with Crippen molar-refractivity contribution in [1.82, 2.24) is 9.97 Å². The van der Waals surface area contributed by atoms with Gasteiger partial charge in [0.2, 0.25) is 5.95 Å². The van der Waals surface area contributed by atoms with Crippen molar-refractivity contribution in [2.75, 3.05) is 36.5 Å². The van der Waals surface area contributed by atoms with Crippen molar-refractivity contribution in [3.8, 4) is 0 Å². The summed E-state index contributed by atoms with van der Waals surface area (Å²) in [5.74, 6) is 0.780. The zero-order valence-electron chi connectivity index (χ0n) is 12.4. The number of ether oxygens (including phenoxy) is 2. The highest BCUT2D eigenvalue weighted by Crippen LogP contribution is 2.19. The molecule has 7 nitrogen and oxygen atoms in total. The minimum Gasteiger partial charge on any atom is -0.444 e. The van der Waals surface area contributed by atoms with E-state index in [1.165, 1.54) is 6.07 Å². The van der Waals surface area contributed by atoms with Crippen LogP contribution in [0.5, 0.6) is 0 Å². The molecule has 1 aliphatic heterocycles. The molecule has 2 heterocycles. The molecule has 1 aliphatic rings. The van der Waals surface area contributed by atoms with Gasteiger partial charge in [0, 0.05) is 19.2 Å². The van der Waals surface area contributed by atoms with E-state index in [1.54, 1.807) is 20.8 Å². The standard InChI is InChI=1S/C13H19ClN4O3/c1-13(2,3)21-12(19)17-10-8-9(14)15-11(16-10)18-4-6-20-7-5-18/h8H,4-7H2,1-3H3,(H,15,16,17,19). The van der Waals surface area contributed by atoms with E-state index in [1.807, 2.05) is 4.90 Å². The first-order valence-electron chi connectivity index (χ1n) is 6.71. The van der Waals surface area contributed by atoms with E-state index in [4.69, 9.17) is 21.1 Å². The minimum absolute atomic E-state index is 0.262. The summed E-state index contributed by atoms with van der Waals surface area (Å²) in [6.07, 6.45) is -0.579. The number of nitrogens with one attached hydrogen (secondary N) is 1. The van der Waals surface area contributed by atoms with Gasteiger partial charge in [-0.15, -0.1) is 0 Å². The first-order valence-corrected chi connectivity index (χ1v) is 7.08. The maximum atomic E-state index is 11.8. The van der Waals surface area contributed by atoms with Gasteiger partial charge in [0.15, 0.2) is 0 Å². The molecule has 0 bridgehead atoms. The fraction of sp³-hybridized carbons (Fsp3) is 0.615. The van der Waals surface area contributed by atoms with Crippen molar-refractivity contribution in [2.24, 2.45) is 0 Å². The summed E-state index contributed by atoms with van der Waals surface area (Å²) in [4.78, 5) is 22.2. The van der Waals surface area contributed by atoms with E-state index < -0.39 is 11.7 Å². The van der Waals surface area contributed by atoms with Crippen molar-refractivity contribution in [3.63, 3.8) is 0 Å². The quantitative estimate of drug-likeness (QED) is 0.844. The minimum atomic E-state index is -0.579. The van der Waals surface area contributed by atoms with Crippen LogP contribution in [-0.2, 0) is 9.47 Å². The molecule has 1 aromatic rings. The fourth-order valence-corrected chi connectivity index (χ4v) is 1.96. The smallest absolute Gasteiger partial charge is 0.413 e. The number of aromatic nitrogens is 2. The lowest BCUT2D eigenvalue weighted by Gasteiger charge is -2.27. The van der Waals surface area contributed by atoms with Crippen LogP contribution in [0.4, 0.5) is 16.6 Å². The SMILES string of the molecule is CC(C)(C)OC(=O)Nc1cc(Cl)nc(N2CCOCC2)n1. The van der Waals surface area contributed by atoms with Gasteiger partial charge in [-0.1, -0.05) is 11.6 Å². The Morgan fingerprint density at radius 3 is 2.67 bits per heavy atom. The molecule has 1 saturated heterocycles. The summed E-state index contributed by atoms with van der Waals surface area (Å²) < 4.78 is 10.5. The van der Waals surface area contributed by atoms with Gasteiger partial charge in [0.25, 0.3) is 0 Å². The summed E-state index contributed by atoms with van der Waals surface area (Å²) in [6.45, 7) is 7.98. The summed E-state index contributed by atoms with van der Waals surface area (Å²) in [5.41, 5.74) is -0.575. The summed E-state index contributed by atoms with van der Waals surface area (Å²) in [6, 6.07) is 1.48. The molecule has 0 aromatic carbocycles. The van der Waals surface area contributed by atoms with Gasteiger partial charge in [-0.25, -0.2) is 9.78 Å². The van der Waals surface area contributed by atoms with Gasteiger partial charge in [-0.05, 0) is 20.8 Å². The lowest BCUT2D eigenvalue weighted by molar-refractivity contribution is 0.0635. The Balaban J connectivity index is 2.09. The lowest BCUT2D eigenvalue weighted by Crippen LogP contribution is -2.37. The van der Waals surface area contributed by atoms with Gasteiger partial charge in [0.05, 0.1) is 13.2 Å². The second-order valence-corrected chi connectivity index (χ2v) is 5.99. The molecule has 1 fully saturated rings. The number of nitrogens with zero attached hydrogens (tertiary/aromatic N) is 3. The van der Waals surface area contributed by atoms with Crippen LogP contribution in [0.2, 0.25) is 5.15 Å². The highest BCUT2D eigenvalue weighted by molar-refractivity contribution is 6.29.